The zero-order valence-corrected chi connectivity index (χ0v) is 12.4. The van der Waals surface area contributed by atoms with Gasteiger partial charge in [0.25, 0.3) is 0 Å². The van der Waals surface area contributed by atoms with Crippen LogP contribution in [0.25, 0.3) is 0 Å². The number of carbonyl (C=O) groups excluding carboxylic acids is 1. The molecule has 0 N–H and O–H groups in total. The Kier molecular flexibility index (Phi) is 4.68. The standard InChI is InChI=1S/C16H23N3O2/c20-16(13-4-2-1-3-5-13)19-10-7-14(8-11-19)21-15-6-9-17-12-18-15/h6,9,12-14H,1-5,7-8,10-11H2. The van der Waals surface area contributed by atoms with Gasteiger partial charge in [0.2, 0.25) is 11.8 Å². The first-order valence-electron chi connectivity index (χ1n) is 8.04. The molecule has 114 valence electrons. The first kappa shape index (κ1) is 14.3. The number of ether oxygens (including phenoxy) is 1. The SMILES string of the molecule is O=C(C1CCCCC1)N1CCC(Oc2ccncn2)CC1. The minimum absolute atomic E-state index is 0.162. The molecule has 0 bridgehead atoms. The molecule has 1 aliphatic heterocycles. The summed E-state index contributed by atoms with van der Waals surface area (Å²) in [6.45, 7) is 1.62. The minimum Gasteiger partial charge on any atom is -0.474 e. The molecule has 2 aliphatic rings. The Labute approximate surface area is 125 Å². The Morgan fingerprint density at radius 2 is 1.90 bits per heavy atom. The van der Waals surface area contributed by atoms with Crippen molar-refractivity contribution < 1.29 is 9.53 Å². The maximum atomic E-state index is 12.5. The molecular weight excluding hydrogens is 266 g/mol. The van der Waals surface area contributed by atoms with E-state index in [1.54, 1.807) is 12.3 Å². The first-order chi connectivity index (χ1) is 10.3. The lowest BCUT2D eigenvalue weighted by atomic mass is 9.88. The van der Waals surface area contributed by atoms with Gasteiger partial charge in [-0.3, -0.25) is 4.79 Å². The number of hydrogen-bond acceptors (Lipinski definition) is 4. The zero-order chi connectivity index (χ0) is 14.5. The number of carbonyl (C=O) groups is 1. The molecule has 21 heavy (non-hydrogen) atoms. The molecule has 2 heterocycles. The van der Waals surface area contributed by atoms with Crippen LogP contribution in [0.2, 0.25) is 0 Å². The van der Waals surface area contributed by atoms with Crippen LogP contribution in [0.1, 0.15) is 44.9 Å². The lowest BCUT2D eigenvalue weighted by molar-refractivity contribution is -0.138. The summed E-state index contributed by atoms with van der Waals surface area (Å²) >= 11 is 0. The fourth-order valence-corrected chi connectivity index (χ4v) is 3.32. The molecule has 3 rings (SSSR count). The summed E-state index contributed by atoms with van der Waals surface area (Å²) in [6, 6.07) is 1.78. The molecule has 2 fully saturated rings. The number of likely N-dealkylation sites (tertiary alicyclic amines) is 1. The van der Waals surface area contributed by atoms with Crippen molar-refractivity contribution in [3.05, 3.63) is 18.6 Å². The van der Waals surface area contributed by atoms with Gasteiger partial charge in [0.05, 0.1) is 0 Å². The van der Waals surface area contributed by atoms with E-state index in [9.17, 15) is 4.79 Å². The molecule has 1 saturated heterocycles. The Balaban J connectivity index is 1.47. The van der Waals surface area contributed by atoms with Crippen molar-refractivity contribution in [2.45, 2.75) is 51.0 Å². The van der Waals surface area contributed by atoms with Gasteiger partial charge in [0.1, 0.15) is 12.4 Å². The predicted octanol–water partition coefficient (Wildman–Crippen LogP) is 2.43. The van der Waals surface area contributed by atoms with E-state index in [-0.39, 0.29) is 12.0 Å². The van der Waals surface area contributed by atoms with Crippen LogP contribution < -0.4 is 4.74 Å². The molecule has 0 atom stereocenters. The molecule has 0 spiro atoms. The van der Waals surface area contributed by atoms with Gasteiger partial charge in [-0.15, -0.1) is 0 Å². The molecule has 1 aromatic rings. The highest BCUT2D eigenvalue weighted by Crippen LogP contribution is 2.27. The number of hydrogen-bond donors (Lipinski definition) is 0. The summed E-state index contributed by atoms with van der Waals surface area (Å²) in [4.78, 5) is 22.5. The molecule has 1 aromatic heterocycles. The summed E-state index contributed by atoms with van der Waals surface area (Å²) in [6.07, 6.45) is 11.0. The fraction of sp³-hybridized carbons (Fsp3) is 0.688. The Morgan fingerprint density at radius 3 is 2.57 bits per heavy atom. The summed E-state index contributed by atoms with van der Waals surface area (Å²) < 4.78 is 5.84. The highest BCUT2D eigenvalue weighted by Gasteiger charge is 2.29. The fourth-order valence-electron chi connectivity index (χ4n) is 3.32. The molecule has 0 radical (unpaired) electrons. The average molecular weight is 289 g/mol. The normalized spacial score (nSPS) is 21.2. The second-order valence-corrected chi connectivity index (χ2v) is 6.03. The summed E-state index contributed by atoms with van der Waals surface area (Å²) in [5.41, 5.74) is 0. The first-order valence-corrected chi connectivity index (χ1v) is 8.04. The molecule has 5 nitrogen and oxygen atoms in total. The number of rotatable bonds is 3. The summed E-state index contributed by atoms with van der Waals surface area (Å²) in [5, 5.41) is 0. The lowest BCUT2D eigenvalue weighted by Crippen LogP contribution is -2.44. The molecule has 1 saturated carbocycles. The number of nitrogens with zero attached hydrogens (tertiary/aromatic N) is 3. The van der Waals surface area contributed by atoms with Crippen LogP contribution in [0.3, 0.4) is 0 Å². The maximum Gasteiger partial charge on any atom is 0.225 e. The van der Waals surface area contributed by atoms with Crippen LogP contribution in [0, 0.1) is 5.92 Å². The summed E-state index contributed by atoms with van der Waals surface area (Å²) in [7, 11) is 0. The molecular formula is C16H23N3O2. The Morgan fingerprint density at radius 1 is 1.14 bits per heavy atom. The minimum atomic E-state index is 0.162. The van der Waals surface area contributed by atoms with Crippen LogP contribution in [0.4, 0.5) is 0 Å². The van der Waals surface area contributed by atoms with Crippen molar-refractivity contribution in [1.29, 1.82) is 0 Å². The van der Waals surface area contributed by atoms with Gasteiger partial charge >= 0.3 is 0 Å². The second-order valence-electron chi connectivity index (χ2n) is 6.03. The van der Waals surface area contributed by atoms with Crippen LogP contribution in [-0.2, 0) is 4.79 Å². The van der Waals surface area contributed by atoms with Crippen molar-refractivity contribution in [2.75, 3.05) is 13.1 Å². The van der Waals surface area contributed by atoms with E-state index in [1.807, 2.05) is 4.90 Å². The Hall–Kier alpha value is -1.65. The van der Waals surface area contributed by atoms with Gasteiger partial charge in [0.15, 0.2) is 0 Å². The van der Waals surface area contributed by atoms with Crippen LogP contribution in [-0.4, -0.2) is 40.0 Å². The van der Waals surface area contributed by atoms with E-state index < -0.39 is 0 Å². The number of piperidine rings is 1. The van der Waals surface area contributed by atoms with Gasteiger partial charge in [-0.05, 0) is 12.8 Å². The molecule has 1 aliphatic carbocycles. The summed E-state index contributed by atoms with van der Waals surface area (Å²) in [5.74, 6) is 1.27. The third-order valence-corrected chi connectivity index (χ3v) is 4.55. The van der Waals surface area contributed by atoms with E-state index in [2.05, 4.69) is 9.97 Å². The number of amides is 1. The molecule has 0 aromatic carbocycles. The largest absolute Gasteiger partial charge is 0.474 e. The van der Waals surface area contributed by atoms with Crippen LogP contribution >= 0.6 is 0 Å². The monoisotopic (exact) mass is 289 g/mol. The third kappa shape index (κ3) is 3.71. The number of aromatic nitrogens is 2. The van der Waals surface area contributed by atoms with Gasteiger partial charge < -0.3 is 9.64 Å². The Bertz CT molecular complexity index is 452. The molecule has 1 amide bonds. The third-order valence-electron chi connectivity index (χ3n) is 4.55. The average Bonchev–Trinajstić information content (AvgIpc) is 2.57. The van der Waals surface area contributed by atoms with Crippen LogP contribution in [0.5, 0.6) is 5.88 Å². The van der Waals surface area contributed by atoms with Gasteiger partial charge in [-0.25, -0.2) is 9.97 Å². The van der Waals surface area contributed by atoms with Crippen molar-refractivity contribution >= 4 is 5.91 Å². The predicted molar refractivity (Wildman–Crippen MR) is 78.8 cm³/mol. The topological polar surface area (TPSA) is 55.3 Å². The molecule has 5 heteroatoms. The van der Waals surface area contributed by atoms with Crippen molar-refractivity contribution in [3.8, 4) is 5.88 Å². The lowest BCUT2D eigenvalue weighted by Gasteiger charge is -2.35. The van der Waals surface area contributed by atoms with Crippen molar-refractivity contribution in [1.82, 2.24) is 14.9 Å². The van der Waals surface area contributed by atoms with E-state index in [1.165, 1.54) is 25.6 Å². The van der Waals surface area contributed by atoms with Gasteiger partial charge in [-0.1, -0.05) is 19.3 Å². The highest BCUT2D eigenvalue weighted by molar-refractivity contribution is 5.79. The van der Waals surface area contributed by atoms with E-state index in [0.717, 1.165) is 38.8 Å². The van der Waals surface area contributed by atoms with E-state index in [4.69, 9.17) is 4.74 Å². The van der Waals surface area contributed by atoms with Gasteiger partial charge in [-0.2, -0.15) is 0 Å². The smallest absolute Gasteiger partial charge is 0.225 e. The maximum absolute atomic E-state index is 12.5. The van der Waals surface area contributed by atoms with E-state index in [0.29, 0.717) is 11.8 Å². The highest BCUT2D eigenvalue weighted by atomic mass is 16.5. The quantitative estimate of drug-likeness (QED) is 0.857. The van der Waals surface area contributed by atoms with Gasteiger partial charge in [0, 0.05) is 44.1 Å². The van der Waals surface area contributed by atoms with E-state index >= 15 is 0 Å². The second kappa shape index (κ2) is 6.87. The van der Waals surface area contributed by atoms with Crippen LogP contribution in [0.15, 0.2) is 18.6 Å². The van der Waals surface area contributed by atoms with Crippen molar-refractivity contribution in [2.24, 2.45) is 5.92 Å². The van der Waals surface area contributed by atoms with Crippen molar-refractivity contribution in [3.63, 3.8) is 0 Å². The zero-order valence-electron chi connectivity index (χ0n) is 12.4. The molecule has 0 unspecified atom stereocenters.